The van der Waals surface area contributed by atoms with Gasteiger partial charge in [0.1, 0.15) is 0 Å². The molecule has 2 unspecified atom stereocenters. The number of hydrogen-bond acceptors (Lipinski definition) is 4. The number of ketones is 1. The molecule has 0 N–H and O–H groups in total. The highest BCUT2D eigenvalue weighted by molar-refractivity contribution is 7.18. The van der Waals surface area contributed by atoms with Gasteiger partial charge in [-0.05, 0) is 45.5 Å². The molecule has 1 aromatic heterocycles. The van der Waals surface area contributed by atoms with Crippen LogP contribution in [0.5, 0.6) is 0 Å². The number of carbonyl (C=O) groups is 1. The maximum absolute atomic E-state index is 12.6. The predicted octanol–water partition coefficient (Wildman–Crippen LogP) is 3.39. The van der Waals surface area contributed by atoms with Gasteiger partial charge in [-0.25, -0.2) is 0 Å². The maximum atomic E-state index is 12.6. The van der Waals surface area contributed by atoms with Crippen LogP contribution in [0.1, 0.15) is 36.4 Å². The molecule has 2 atom stereocenters. The Morgan fingerprint density at radius 3 is 2.85 bits per heavy atom. The van der Waals surface area contributed by atoms with Crippen molar-refractivity contribution in [2.24, 2.45) is 0 Å². The Bertz CT molecular complexity index is 462. The van der Waals surface area contributed by atoms with Gasteiger partial charge in [0.2, 0.25) is 0 Å². The summed E-state index contributed by atoms with van der Waals surface area (Å²) in [6, 6.07) is 4.04. The Hall–Kier alpha value is -0.420. The molecule has 0 aliphatic carbocycles. The van der Waals surface area contributed by atoms with E-state index in [0.29, 0.717) is 10.4 Å². The van der Waals surface area contributed by atoms with E-state index in [2.05, 4.69) is 23.8 Å². The number of hydrogen-bond donors (Lipinski definition) is 0. The van der Waals surface area contributed by atoms with Crippen molar-refractivity contribution in [1.29, 1.82) is 0 Å². The van der Waals surface area contributed by atoms with Crippen LogP contribution in [-0.2, 0) is 0 Å². The molecule has 0 amide bonds. The molecule has 1 aliphatic rings. The summed E-state index contributed by atoms with van der Waals surface area (Å²) in [5.74, 6) is 0.199. The number of carbonyl (C=O) groups excluding carboxylic acids is 1. The van der Waals surface area contributed by atoms with E-state index < -0.39 is 0 Å². The van der Waals surface area contributed by atoms with Crippen molar-refractivity contribution in [2.45, 2.75) is 38.8 Å². The van der Waals surface area contributed by atoms with E-state index in [0.717, 1.165) is 37.4 Å². The Morgan fingerprint density at radius 2 is 2.25 bits per heavy atom. The molecule has 2 heterocycles. The van der Waals surface area contributed by atoms with E-state index in [4.69, 9.17) is 11.6 Å². The SMILES string of the molecule is CCC1CN(C)CCCN1C(C)C(=O)c1ccc(Cl)s1. The molecule has 1 saturated heterocycles. The monoisotopic (exact) mass is 314 g/mol. The summed E-state index contributed by atoms with van der Waals surface area (Å²) in [5.41, 5.74) is 0. The molecule has 1 aromatic rings. The van der Waals surface area contributed by atoms with E-state index in [9.17, 15) is 4.79 Å². The van der Waals surface area contributed by atoms with Crippen molar-refractivity contribution >= 4 is 28.7 Å². The number of halogens is 1. The molecule has 5 heteroatoms. The Kier molecular flexibility index (Phi) is 5.61. The van der Waals surface area contributed by atoms with E-state index in [1.54, 1.807) is 6.07 Å². The van der Waals surface area contributed by atoms with Gasteiger partial charge in [-0.1, -0.05) is 18.5 Å². The van der Waals surface area contributed by atoms with E-state index in [1.807, 2.05) is 13.0 Å². The third kappa shape index (κ3) is 3.61. The Labute approximate surface area is 130 Å². The van der Waals surface area contributed by atoms with Crippen LogP contribution in [0.2, 0.25) is 4.34 Å². The van der Waals surface area contributed by atoms with Crippen molar-refractivity contribution in [3.05, 3.63) is 21.3 Å². The van der Waals surface area contributed by atoms with Gasteiger partial charge >= 0.3 is 0 Å². The largest absolute Gasteiger partial charge is 0.305 e. The highest BCUT2D eigenvalue weighted by Crippen LogP contribution is 2.25. The molecule has 3 nitrogen and oxygen atoms in total. The average Bonchev–Trinajstić information content (AvgIpc) is 2.77. The second-order valence-corrected chi connectivity index (χ2v) is 7.27. The van der Waals surface area contributed by atoms with Crippen molar-refractivity contribution in [1.82, 2.24) is 9.80 Å². The molecular formula is C15H23ClN2OS. The van der Waals surface area contributed by atoms with Crippen molar-refractivity contribution in [3.8, 4) is 0 Å². The molecule has 20 heavy (non-hydrogen) atoms. The topological polar surface area (TPSA) is 23.6 Å². The molecular weight excluding hydrogens is 292 g/mol. The van der Waals surface area contributed by atoms with Gasteiger partial charge in [0.25, 0.3) is 0 Å². The molecule has 0 aromatic carbocycles. The lowest BCUT2D eigenvalue weighted by atomic mass is 10.1. The van der Waals surface area contributed by atoms with Crippen molar-refractivity contribution in [3.63, 3.8) is 0 Å². The highest BCUT2D eigenvalue weighted by atomic mass is 35.5. The lowest BCUT2D eigenvalue weighted by molar-refractivity contribution is 0.0758. The van der Waals surface area contributed by atoms with Gasteiger partial charge in [-0.3, -0.25) is 9.69 Å². The first-order valence-corrected chi connectivity index (χ1v) is 8.46. The van der Waals surface area contributed by atoms with Crippen LogP contribution < -0.4 is 0 Å². The maximum Gasteiger partial charge on any atom is 0.189 e. The van der Waals surface area contributed by atoms with Gasteiger partial charge in [0, 0.05) is 19.1 Å². The van der Waals surface area contributed by atoms with Crippen LogP contribution in [0.15, 0.2) is 12.1 Å². The zero-order valence-electron chi connectivity index (χ0n) is 12.4. The first-order chi connectivity index (χ1) is 9.52. The minimum Gasteiger partial charge on any atom is -0.305 e. The molecule has 1 aliphatic heterocycles. The van der Waals surface area contributed by atoms with Crippen LogP contribution in [-0.4, -0.2) is 54.3 Å². The third-order valence-electron chi connectivity index (χ3n) is 4.11. The summed E-state index contributed by atoms with van der Waals surface area (Å²) in [7, 11) is 2.16. The smallest absolute Gasteiger partial charge is 0.189 e. The summed E-state index contributed by atoms with van der Waals surface area (Å²) in [6.07, 6.45) is 2.20. The van der Waals surface area contributed by atoms with Gasteiger partial charge in [0.15, 0.2) is 5.78 Å². The summed E-state index contributed by atoms with van der Waals surface area (Å²) in [4.78, 5) is 18.1. The molecule has 0 radical (unpaired) electrons. The number of rotatable bonds is 4. The second kappa shape index (κ2) is 7.03. The molecule has 112 valence electrons. The van der Waals surface area contributed by atoms with Crippen molar-refractivity contribution in [2.75, 3.05) is 26.7 Å². The van der Waals surface area contributed by atoms with Gasteiger partial charge < -0.3 is 4.90 Å². The first kappa shape index (κ1) is 16.0. The van der Waals surface area contributed by atoms with Crippen LogP contribution >= 0.6 is 22.9 Å². The van der Waals surface area contributed by atoms with Gasteiger partial charge in [0.05, 0.1) is 15.3 Å². The zero-order valence-corrected chi connectivity index (χ0v) is 14.0. The molecule has 2 rings (SSSR count). The highest BCUT2D eigenvalue weighted by Gasteiger charge is 2.30. The summed E-state index contributed by atoms with van der Waals surface area (Å²) >= 11 is 7.32. The van der Waals surface area contributed by atoms with Gasteiger partial charge in [-0.2, -0.15) is 0 Å². The fraction of sp³-hybridized carbons (Fsp3) is 0.667. The van der Waals surface area contributed by atoms with Crippen LogP contribution in [0.3, 0.4) is 0 Å². The molecule has 0 bridgehead atoms. The average molecular weight is 315 g/mol. The van der Waals surface area contributed by atoms with Crippen LogP contribution in [0, 0.1) is 0 Å². The number of nitrogens with zero attached hydrogens (tertiary/aromatic N) is 2. The third-order valence-corrected chi connectivity index (χ3v) is 5.36. The van der Waals surface area contributed by atoms with Crippen molar-refractivity contribution < 1.29 is 4.79 Å². The minimum absolute atomic E-state index is 0.0684. The number of thiophene rings is 1. The molecule has 1 fully saturated rings. The predicted molar refractivity (Wildman–Crippen MR) is 86.0 cm³/mol. The fourth-order valence-electron chi connectivity index (χ4n) is 2.94. The molecule has 0 spiro atoms. The lowest BCUT2D eigenvalue weighted by Gasteiger charge is -2.34. The Balaban J connectivity index is 2.13. The fourth-order valence-corrected chi connectivity index (χ4v) is 4.00. The van der Waals surface area contributed by atoms with Crippen LogP contribution in [0.4, 0.5) is 0 Å². The first-order valence-electron chi connectivity index (χ1n) is 7.26. The lowest BCUT2D eigenvalue weighted by Crippen LogP contribution is -2.47. The summed E-state index contributed by atoms with van der Waals surface area (Å²) < 4.78 is 0.684. The summed E-state index contributed by atoms with van der Waals surface area (Å²) in [6.45, 7) is 7.38. The van der Waals surface area contributed by atoms with Gasteiger partial charge in [-0.15, -0.1) is 11.3 Å². The van der Waals surface area contributed by atoms with E-state index >= 15 is 0 Å². The summed E-state index contributed by atoms with van der Waals surface area (Å²) in [5, 5.41) is 0. The van der Waals surface area contributed by atoms with E-state index in [1.165, 1.54) is 11.3 Å². The molecule has 0 saturated carbocycles. The minimum atomic E-state index is -0.0684. The second-order valence-electron chi connectivity index (χ2n) is 5.56. The zero-order chi connectivity index (χ0) is 14.7. The normalized spacial score (nSPS) is 23.5. The number of likely N-dealkylation sites (N-methyl/N-ethyl adjacent to an activating group) is 1. The standard InChI is InChI=1S/C15H23ClN2OS/c1-4-12-10-17(3)8-5-9-18(12)11(2)15(19)13-6-7-14(16)20-13/h6-7,11-12H,4-5,8-10H2,1-3H3. The van der Waals surface area contributed by atoms with Crippen LogP contribution in [0.25, 0.3) is 0 Å². The number of Topliss-reactive ketones (excluding diaryl/α,β-unsaturated/α-hetero) is 1. The quantitative estimate of drug-likeness (QED) is 0.796. The van der Waals surface area contributed by atoms with E-state index in [-0.39, 0.29) is 11.8 Å². The Morgan fingerprint density at radius 1 is 1.50 bits per heavy atom.